The molecule has 1 aromatic rings. The van der Waals surface area contributed by atoms with E-state index in [2.05, 4.69) is 0 Å². The Morgan fingerprint density at radius 1 is 1.47 bits per heavy atom. The molecule has 15 heavy (non-hydrogen) atoms. The number of fused-ring (bicyclic) bond motifs is 3. The highest BCUT2D eigenvalue weighted by molar-refractivity contribution is 6.32. The third-order valence-electron chi connectivity index (χ3n) is 3.02. The predicted octanol–water partition coefficient (Wildman–Crippen LogP) is 1.79. The summed E-state index contributed by atoms with van der Waals surface area (Å²) in [5, 5.41) is 0.675. The van der Waals surface area contributed by atoms with E-state index in [0.717, 1.165) is 48.4 Å². The van der Waals surface area contributed by atoms with Crippen LogP contribution < -0.4 is 9.64 Å². The molecular formula is C11H10ClNO2. The monoisotopic (exact) mass is 223 g/mol. The van der Waals surface area contributed by atoms with Crippen LogP contribution in [0, 0.1) is 0 Å². The highest BCUT2D eigenvalue weighted by atomic mass is 35.5. The molecule has 78 valence electrons. The van der Waals surface area contributed by atoms with Gasteiger partial charge in [-0.3, -0.25) is 4.79 Å². The lowest BCUT2D eigenvalue weighted by atomic mass is 10.1. The Kier molecular flexibility index (Phi) is 1.89. The molecule has 3 rings (SSSR count). The van der Waals surface area contributed by atoms with Crippen LogP contribution in [-0.4, -0.2) is 19.6 Å². The van der Waals surface area contributed by atoms with Gasteiger partial charge in [0.05, 0.1) is 17.3 Å². The van der Waals surface area contributed by atoms with E-state index < -0.39 is 0 Å². The van der Waals surface area contributed by atoms with Gasteiger partial charge in [0.2, 0.25) is 6.41 Å². The Balaban J connectivity index is 2.25. The van der Waals surface area contributed by atoms with Crippen molar-refractivity contribution in [1.82, 2.24) is 0 Å². The first kappa shape index (κ1) is 9.04. The zero-order valence-electron chi connectivity index (χ0n) is 8.12. The summed E-state index contributed by atoms with van der Waals surface area (Å²) in [5.74, 6) is 0.768. The van der Waals surface area contributed by atoms with Crippen molar-refractivity contribution in [3.05, 3.63) is 22.2 Å². The number of carbonyl (C=O) groups is 1. The van der Waals surface area contributed by atoms with Gasteiger partial charge in [0, 0.05) is 18.5 Å². The maximum Gasteiger partial charge on any atom is 0.214 e. The molecule has 2 aliphatic heterocycles. The Morgan fingerprint density at radius 3 is 3.13 bits per heavy atom. The fourth-order valence-electron chi connectivity index (χ4n) is 2.38. The first-order valence-electron chi connectivity index (χ1n) is 5.00. The number of hydrogen-bond acceptors (Lipinski definition) is 2. The Labute approximate surface area is 92.6 Å². The van der Waals surface area contributed by atoms with Gasteiger partial charge in [-0.2, -0.15) is 0 Å². The average Bonchev–Trinajstić information content (AvgIpc) is 2.81. The molecule has 0 N–H and O–H groups in total. The molecule has 0 bridgehead atoms. The normalized spacial score (nSPS) is 17.3. The largest absolute Gasteiger partial charge is 0.491 e. The number of rotatable bonds is 1. The van der Waals surface area contributed by atoms with Crippen LogP contribution in [0.3, 0.4) is 0 Å². The second kappa shape index (κ2) is 3.14. The summed E-state index contributed by atoms with van der Waals surface area (Å²) in [5.41, 5.74) is 3.29. The van der Waals surface area contributed by atoms with Crippen LogP contribution in [0.2, 0.25) is 5.02 Å². The maximum atomic E-state index is 10.9. The third kappa shape index (κ3) is 1.16. The zero-order valence-corrected chi connectivity index (χ0v) is 8.88. The molecule has 0 saturated carbocycles. The molecule has 0 unspecified atom stereocenters. The Hall–Kier alpha value is -1.22. The quantitative estimate of drug-likeness (QED) is 0.680. The van der Waals surface area contributed by atoms with Crippen LogP contribution >= 0.6 is 11.6 Å². The average molecular weight is 224 g/mol. The number of halogens is 1. The van der Waals surface area contributed by atoms with Crippen molar-refractivity contribution in [3.8, 4) is 5.75 Å². The minimum absolute atomic E-state index is 0.665. The van der Waals surface area contributed by atoms with Crippen LogP contribution in [0.15, 0.2) is 6.07 Å². The van der Waals surface area contributed by atoms with Gasteiger partial charge in [0.15, 0.2) is 0 Å². The van der Waals surface area contributed by atoms with Crippen molar-refractivity contribution in [3.63, 3.8) is 0 Å². The SMILES string of the molecule is O=CN1CCc2cc(Cl)c3c(c21)CCO3. The molecule has 1 amide bonds. The second-order valence-corrected chi connectivity index (χ2v) is 4.23. The van der Waals surface area contributed by atoms with Crippen molar-refractivity contribution in [2.45, 2.75) is 12.8 Å². The summed E-state index contributed by atoms with van der Waals surface area (Å²) in [6.07, 6.45) is 2.63. The highest BCUT2D eigenvalue weighted by Gasteiger charge is 2.29. The van der Waals surface area contributed by atoms with E-state index in [4.69, 9.17) is 16.3 Å². The van der Waals surface area contributed by atoms with Crippen molar-refractivity contribution < 1.29 is 9.53 Å². The first-order chi connectivity index (χ1) is 7.31. The summed E-state index contributed by atoms with van der Waals surface area (Å²) >= 11 is 6.11. The number of ether oxygens (including phenoxy) is 1. The minimum Gasteiger partial charge on any atom is -0.491 e. The molecule has 0 atom stereocenters. The van der Waals surface area contributed by atoms with E-state index in [1.807, 2.05) is 6.07 Å². The smallest absolute Gasteiger partial charge is 0.214 e. The molecule has 3 nitrogen and oxygen atoms in total. The maximum absolute atomic E-state index is 10.9. The van der Waals surface area contributed by atoms with E-state index in [0.29, 0.717) is 11.6 Å². The van der Waals surface area contributed by atoms with E-state index in [9.17, 15) is 4.79 Å². The molecule has 2 aliphatic rings. The molecule has 0 radical (unpaired) electrons. The number of carbonyl (C=O) groups excluding carboxylic acids is 1. The molecule has 0 saturated heterocycles. The number of hydrogen-bond donors (Lipinski definition) is 0. The number of anilines is 1. The molecular weight excluding hydrogens is 214 g/mol. The van der Waals surface area contributed by atoms with Gasteiger partial charge in [-0.15, -0.1) is 0 Å². The summed E-state index contributed by atoms with van der Waals surface area (Å²) in [4.78, 5) is 12.7. The van der Waals surface area contributed by atoms with Crippen LogP contribution in [0.4, 0.5) is 5.69 Å². The minimum atomic E-state index is 0.665. The summed E-state index contributed by atoms with van der Waals surface area (Å²) in [7, 11) is 0. The molecule has 0 aromatic heterocycles. The van der Waals surface area contributed by atoms with Crippen molar-refractivity contribution in [2.24, 2.45) is 0 Å². The van der Waals surface area contributed by atoms with E-state index in [-0.39, 0.29) is 0 Å². The van der Waals surface area contributed by atoms with Gasteiger partial charge in [0.1, 0.15) is 5.75 Å². The van der Waals surface area contributed by atoms with Gasteiger partial charge >= 0.3 is 0 Å². The molecule has 0 spiro atoms. The highest BCUT2D eigenvalue weighted by Crippen LogP contribution is 2.44. The predicted molar refractivity (Wildman–Crippen MR) is 57.8 cm³/mol. The lowest BCUT2D eigenvalue weighted by Gasteiger charge is -2.14. The van der Waals surface area contributed by atoms with E-state index >= 15 is 0 Å². The topological polar surface area (TPSA) is 29.5 Å². The van der Waals surface area contributed by atoms with E-state index in [1.165, 1.54) is 0 Å². The fraction of sp³-hybridized carbons (Fsp3) is 0.364. The molecule has 0 aliphatic carbocycles. The van der Waals surface area contributed by atoms with Crippen molar-refractivity contribution in [2.75, 3.05) is 18.1 Å². The van der Waals surface area contributed by atoms with Crippen molar-refractivity contribution in [1.29, 1.82) is 0 Å². The summed E-state index contributed by atoms with van der Waals surface area (Å²) in [6, 6.07) is 1.92. The lowest BCUT2D eigenvalue weighted by molar-refractivity contribution is -0.107. The van der Waals surface area contributed by atoms with Gasteiger partial charge in [0.25, 0.3) is 0 Å². The number of benzene rings is 1. The van der Waals surface area contributed by atoms with Gasteiger partial charge < -0.3 is 9.64 Å². The van der Waals surface area contributed by atoms with Crippen LogP contribution in [-0.2, 0) is 17.6 Å². The fourth-order valence-corrected chi connectivity index (χ4v) is 2.68. The standard InChI is InChI=1S/C11H10ClNO2/c12-9-5-7-1-3-13(6-14)10(7)8-2-4-15-11(8)9/h5-6H,1-4H2. The molecule has 1 aromatic carbocycles. The third-order valence-corrected chi connectivity index (χ3v) is 3.30. The van der Waals surface area contributed by atoms with E-state index in [1.54, 1.807) is 4.90 Å². The van der Waals surface area contributed by atoms with Crippen LogP contribution in [0.1, 0.15) is 11.1 Å². The van der Waals surface area contributed by atoms with Gasteiger partial charge in [-0.1, -0.05) is 11.6 Å². The molecule has 2 heterocycles. The van der Waals surface area contributed by atoms with Crippen LogP contribution in [0.5, 0.6) is 5.75 Å². The first-order valence-corrected chi connectivity index (χ1v) is 5.38. The zero-order chi connectivity index (χ0) is 10.4. The van der Waals surface area contributed by atoms with Gasteiger partial charge in [-0.25, -0.2) is 0 Å². The summed E-state index contributed by atoms with van der Waals surface area (Å²) < 4.78 is 5.47. The lowest BCUT2D eigenvalue weighted by Crippen LogP contribution is -2.18. The molecule has 4 heteroatoms. The second-order valence-electron chi connectivity index (χ2n) is 3.82. The number of amides is 1. The Bertz CT molecular complexity index is 445. The number of nitrogens with zero attached hydrogens (tertiary/aromatic N) is 1. The molecule has 0 fully saturated rings. The van der Waals surface area contributed by atoms with Crippen LogP contribution in [0.25, 0.3) is 0 Å². The van der Waals surface area contributed by atoms with Gasteiger partial charge in [-0.05, 0) is 18.1 Å². The van der Waals surface area contributed by atoms with Crippen molar-refractivity contribution >= 4 is 23.7 Å². The Morgan fingerprint density at radius 2 is 2.33 bits per heavy atom. The summed E-state index contributed by atoms with van der Waals surface area (Å²) in [6.45, 7) is 1.42.